The van der Waals surface area contributed by atoms with Gasteiger partial charge in [0, 0.05) is 11.1 Å². The highest BCUT2D eigenvalue weighted by atomic mass is 19.3. The van der Waals surface area contributed by atoms with E-state index in [1.165, 1.54) is 12.1 Å². The van der Waals surface area contributed by atoms with E-state index in [2.05, 4.69) is 10.2 Å². The molecule has 0 aliphatic rings. The Labute approximate surface area is 160 Å². The quantitative estimate of drug-likeness (QED) is 0.535. The highest BCUT2D eigenvalue weighted by Gasteiger charge is 2.11. The van der Waals surface area contributed by atoms with Crippen LogP contribution in [0.5, 0.6) is 0 Å². The molecule has 0 bridgehead atoms. The minimum absolute atomic E-state index is 0.0215. The second kappa shape index (κ2) is 18.0. The van der Waals surface area contributed by atoms with Crippen LogP contribution in [-0.2, 0) is 0 Å². The molecular weight excluding hydrogens is 330 g/mol. The fourth-order valence-electron chi connectivity index (χ4n) is 1.78. The largest absolute Gasteiger partial charge is 0.263 e. The maximum atomic E-state index is 12.5. The molecule has 0 fully saturated rings. The van der Waals surface area contributed by atoms with Gasteiger partial charge in [0.2, 0.25) is 0 Å². The van der Waals surface area contributed by atoms with E-state index in [1.54, 1.807) is 12.1 Å². The van der Waals surface area contributed by atoms with Gasteiger partial charge in [-0.3, -0.25) is 0 Å². The minimum Gasteiger partial charge on any atom is -0.205 e. The van der Waals surface area contributed by atoms with Gasteiger partial charge >= 0.3 is 0 Å². The Kier molecular flexibility index (Phi) is 20.0. The first-order valence-electron chi connectivity index (χ1n) is 9.69. The molecular formula is C22H38F2N2. The van der Waals surface area contributed by atoms with E-state index in [0.29, 0.717) is 0 Å². The highest BCUT2D eigenvalue weighted by molar-refractivity contribution is 5.64. The van der Waals surface area contributed by atoms with Crippen LogP contribution < -0.4 is 0 Å². The second-order valence-electron chi connectivity index (χ2n) is 4.31. The molecule has 0 atom stereocenters. The summed E-state index contributed by atoms with van der Waals surface area (Å²) in [7, 11) is 0. The van der Waals surface area contributed by atoms with Gasteiger partial charge in [-0.05, 0) is 31.9 Å². The summed E-state index contributed by atoms with van der Waals surface area (Å²) in [4.78, 5) is 0. The number of nitrogens with zero attached hydrogens (tertiary/aromatic N) is 2. The Balaban J connectivity index is -0.000000585. The Hall–Kier alpha value is -1.84. The molecule has 0 radical (unpaired) electrons. The molecule has 0 saturated carbocycles. The number of benzene rings is 1. The summed E-state index contributed by atoms with van der Waals surface area (Å²) in [6, 6.07) is 6.17. The van der Waals surface area contributed by atoms with Crippen molar-refractivity contribution in [2.45, 2.75) is 82.6 Å². The van der Waals surface area contributed by atoms with Crippen LogP contribution in [0.2, 0.25) is 0 Å². The molecule has 150 valence electrons. The average molecular weight is 369 g/mol. The maximum Gasteiger partial charge on any atom is 0.263 e. The monoisotopic (exact) mass is 368 g/mol. The van der Waals surface area contributed by atoms with Crippen molar-refractivity contribution in [2.75, 3.05) is 0 Å². The van der Waals surface area contributed by atoms with Crippen LogP contribution in [0.25, 0.3) is 11.3 Å². The van der Waals surface area contributed by atoms with Gasteiger partial charge in [0.1, 0.15) is 0 Å². The summed E-state index contributed by atoms with van der Waals surface area (Å²) in [6.07, 6.45) is -2.44. The van der Waals surface area contributed by atoms with Crippen LogP contribution in [-0.4, -0.2) is 10.2 Å². The van der Waals surface area contributed by atoms with Gasteiger partial charge in [0.15, 0.2) is 0 Å². The molecule has 2 aromatic rings. The minimum atomic E-state index is -2.44. The highest BCUT2D eigenvalue weighted by Crippen LogP contribution is 2.26. The zero-order valence-corrected chi connectivity index (χ0v) is 18.5. The number of hydrogen-bond acceptors (Lipinski definition) is 2. The molecule has 0 aliphatic heterocycles. The first-order chi connectivity index (χ1) is 12.5. The Morgan fingerprint density at radius 2 is 1.08 bits per heavy atom. The molecule has 0 spiro atoms. The van der Waals surface area contributed by atoms with Gasteiger partial charge < -0.3 is 0 Å². The van der Waals surface area contributed by atoms with Gasteiger partial charge in [-0.1, -0.05) is 79.7 Å². The van der Waals surface area contributed by atoms with Crippen LogP contribution in [0.15, 0.2) is 24.3 Å². The van der Waals surface area contributed by atoms with E-state index in [4.69, 9.17) is 0 Å². The Morgan fingerprint density at radius 1 is 0.654 bits per heavy atom. The first-order valence-corrected chi connectivity index (χ1v) is 9.69. The summed E-state index contributed by atoms with van der Waals surface area (Å²) in [6.45, 7) is 21.8. The van der Waals surface area contributed by atoms with Gasteiger partial charge in [-0.25, -0.2) is 8.78 Å². The lowest BCUT2D eigenvalue weighted by molar-refractivity contribution is 0.151. The van der Waals surface area contributed by atoms with E-state index in [0.717, 1.165) is 28.1 Å². The van der Waals surface area contributed by atoms with Crippen molar-refractivity contribution in [1.29, 1.82) is 0 Å². The van der Waals surface area contributed by atoms with Crippen molar-refractivity contribution in [1.82, 2.24) is 10.2 Å². The average Bonchev–Trinajstić information content (AvgIpc) is 2.72. The molecule has 0 aliphatic carbocycles. The third-order valence-electron chi connectivity index (χ3n) is 3.20. The van der Waals surface area contributed by atoms with Crippen molar-refractivity contribution in [3.8, 4) is 11.3 Å². The Morgan fingerprint density at radius 3 is 1.46 bits per heavy atom. The van der Waals surface area contributed by atoms with Crippen LogP contribution in [0, 0.1) is 20.8 Å². The summed E-state index contributed by atoms with van der Waals surface area (Å²) in [5.41, 5.74) is 4.59. The lowest BCUT2D eigenvalue weighted by atomic mass is 10.0. The van der Waals surface area contributed by atoms with Crippen LogP contribution in [0.3, 0.4) is 0 Å². The summed E-state index contributed by atoms with van der Waals surface area (Å²) in [5, 5.41) is 8.22. The normalized spacial score (nSPS) is 8.54. The first kappa shape index (κ1) is 28.9. The standard InChI is InChI=1S/C14H14F2N2.4C2H6/c1-8-9(2)13(18-17-10(8)3)11-4-6-12(7-5-11)14(15)16;4*1-2/h4-7,14H,1-3H3;4*1-2H3. The van der Waals surface area contributed by atoms with Crippen molar-refractivity contribution < 1.29 is 8.78 Å². The summed E-state index contributed by atoms with van der Waals surface area (Å²) < 4.78 is 24.9. The third-order valence-corrected chi connectivity index (χ3v) is 3.20. The van der Waals surface area contributed by atoms with Gasteiger partial charge in [-0.2, -0.15) is 5.10 Å². The summed E-state index contributed by atoms with van der Waals surface area (Å²) in [5.74, 6) is 0. The molecule has 26 heavy (non-hydrogen) atoms. The third kappa shape index (κ3) is 9.02. The van der Waals surface area contributed by atoms with Crippen molar-refractivity contribution in [2.24, 2.45) is 0 Å². The lowest BCUT2D eigenvalue weighted by Gasteiger charge is -2.09. The van der Waals surface area contributed by atoms with E-state index >= 15 is 0 Å². The molecule has 1 aromatic heterocycles. The number of halogens is 2. The molecule has 0 unspecified atom stereocenters. The van der Waals surface area contributed by atoms with Crippen LogP contribution in [0.1, 0.15) is 84.2 Å². The maximum absolute atomic E-state index is 12.5. The number of aromatic nitrogens is 2. The molecule has 1 heterocycles. The van der Waals surface area contributed by atoms with Gasteiger partial charge in [-0.15, -0.1) is 5.10 Å². The molecule has 0 N–H and O–H groups in total. The topological polar surface area (TPSA) is 25.8 Å². The molecule has 1 aromatic carbocycles. The lowest BCUT2D eigenvalue weighted by Crippen LogP contribution is -1.99. The van der Waals surface area contributed by atoms with Crippen molar-refractivity contribution >= 4 is 0 Å². The van der Waals surface area contributed by atoms with Crippen molar-refractivity contribution in [3.63, 3.8) is 0 Å². The predicted molar refractivity (Wildman–Crippen MR) is 112 cm³/mol. The fraction of sp³-hybridized carbons (Fsp3) is 0.545. The molecule has 2 nitrogen and oxygen atoms in total. The van der Waals surface area contributed by atoms with Gasteiger partial charge in [0.25, 0.3) is 6.43 Å². The summed E-state index contributed by atoms with van der Waals surface area (Å²) >= 11 is 0. The van der Waals surface area contributed by atoms with E-state index in [9.17, 15) is 8.78 Å². The molecule has 4 heteroatoms. The number of hydrogen-bond donors (Lipinski definition) is 0. The second-order valence-corrected chi connectivity index (χ2v) is 4.31. The Bertz CT molecular complexity index is 565. The SMILES string of the molecule is CC.CC.CC.CC.Cc1nnc(-c2ccc(C(F)F)cc2)c(C)c1C. The molecule has 0 saturated heterocycles. The van der Waals surface area contributed by atoms with Gasteiger partial charge in [0.05, 0.1) is 11.4 Å². The van der Waals surface area contributed by atoms with E-state index < -0.39 is 6.43 Å². The van der Waals surface area contributed by atoms with Crippen LogP contribution in [0.4, 0.5) is 8.78 Å². The van der Waals surface area contributed by atoms with E-state index in [1.807, 2.05) is 76.2 Å². The van der Waals surface area contributed by atoms with E-state index in [-0.39, 0.29) is 5.56 Å². The zero-order chi connectivity index (χ0) is 21.3. The molecule has 0 amide bonds. The molecule has 2 rings (SSSR count). The predicted octanol–water partition coefficient (Wildman–Crippen LogP) is 8.11. The number of rotatable bonds is 2. The fourth-order valence-corrected chi connectivity index (χ4v) is 1.78. The zero-order valence-electron chi connectivity index (χ0n) is 18.5. The van der Waals surface area contributed by atoms with Crippen molar-refractivity contribution in [3.05, 3.63) is 46.6 Å². The van der Waals surface area contributed by atoms with Crippen LogP contribution >= 0.6 is 0 Å². The number of alkyl halides is 2. The number of aryl methyl sites for hydroxylation is 1. The smallest absolute Gasteiger partial charge is 0.205 e.